The third-order valence-electron chi connectivity index (χ3n) is 6.91. The van der Waals surface area contributed by atoms with Crippen LogP contribution in [0.15, 0.2) is 140 Å². The smallest absolute Gasteiger partial charge is 0.0590 e. The molecule has 3 heteroatoms. The van der Waals surface area contributed by atoms with Crippen LogP contribution in [0.3, 0.4) is 0 Å². The molecule has 0 saturated heterocycles. The number of hydrogen-bond donors (Lipinski definition) is 0. The van der Waals surface area contributed by atoms with Gasteiger partial charge in [0.2, 0.25) is 0 Å². The van der Waals surface area contributed by atoms with Gasteiger partial charge in [0, 0.05) is 26.9 Å². The van der Waals surface area contributed by atoms with E-state index in [-0.39, 0.29) is 0 Å². The first-order valence-electron chi connectivity index (χ1n) is 13.8. The van der Waals surface area contributed by atoms with Crippen LogP contribution in [0.5, 0.6) is 0 Å². The predicted octanol–water partition coefficient (Wildman–Crippen LogP) is 8.84. The molecule has 0 aliphatic heterocycles. The maximum atomic E-state index is 2.79. The lowest BCUT2D eigenvalue weighted by Crippen LogP contribution is -2.32. The molecule has 1 nitrogen and oxygen atoms in total. The van der Waals surface area contributed by atoms with Crippen LogP contribution in [0.4, 0.5) is 5.69 Å². The van der Waals surface area contributed by atoms with Crippen LogP contribution in [0.2, 0.25) is 0 Å². The molecular weight excluding hydrogens is 508 g/mol. The second-order valence-corrected chi connectivity index (χ2v) is 14.9. The van der Waals surface area contributed by atoms with Gasteiger partial charge < -0.3 is 4.44 Å². The minimum Gasteiger partial charge on any atom is -0.313 e. The Labute approximate surface area is 237 Å². The van der Waals surface area contributed by atoms with Crippen molar-refractivity contribution in [2.75, 3.05) is 4.44 Å². The molecule has 0 amide bonds. The second-order valence-electron chi connectivity index (χ2n) is 10.4. The zero-order valence-corrected chi connectivity index (χ0v) is 25.1. The van der Waals surface area contributed by atoms with Gasteiger partial charge in [-0.3, -0.25) is 0 Å². The Morgan fingerprint density at radius 1 is 0.410 bits per heavy atom. The molecular formula is C36H37NP2. The quantitative estimate of drug-likeness (QED) is 0.167. The molecule has 0 spiro atoms. The van der Waals surface area contributed by atoms with E-state index in [1.807, 2.05) is 0 Å². The Bertz CT molecular complexity index is 1260. The van der Waals surface area contributed by atoms with E-state index in [2.05, 4.69) is 172 Å². The molecule has 0 bridgehead atoms. The number of hydrogen-bond acceptors (Lipinski definition) is 1. The summed E-state index contributed by atoms with van der Waals surface area (Å²) in [6.07, 6.45) is 0. The largest absolute Gasteiger partial charge is 0.313 e. The van der Waals surface area contributed by atoms with Gasteiger partial charge in [0.15, 0.2) is 0 Å². The first-order valence-corrected chi connectivity index (χ1v) is 16.4. The molecule has 0 aliphatic carbocycles. The minimum absolute atomic E-state index is 0.448. The second kappa shape index (κ2) is 12.7. The molecule has 0 unspecified atom stereocenters. The molecule has 0 heterocycles. The normalized spacial score (nSPS) is 11.5. The fourth-order valence-corrected chi connectivity index (χ4v) is 10.7. The third kappa shape index (κ3) is 6.33. The summed E-state index contributed by atoms with van der Waals surface area (Å²) in [5, 5.41) is 5.44. The average Bonchev–Trinajstić information content (AvgIpc) is 2.98. The first-order chi connectivity index (χ1) is 19.0. The third-order valence-corrected chi connectivity index (χ3v) is 12.4. The summed E-state index contributed by atoms with van der Waals surface area (Å²) in [5.41, 5.74) is 4.10. The summed E-state index contributed by atoms with van der Waals surface area (Å²) in [6.45, 7) is 9.23. The fraction of sp³-hybridized carbons (Fsp3) is 0.167. The van der Waals surface area contributed by atoms with E-state index < -0.39 is 16.1 Å². The lowest BCUT2D eigenvalue weighted by molar-refractivity contribution is 0.834. The van der Waals surface area contributed by atoms with E-state index in [0.29, 0.717) is 11.8 Å². The summed E-state index contributed by atoms with van der Waals surface area (Å²) in [6, 6.07) is 51.8. The molecule has 0 radical (unpaired) electrons. The summed E-state index contributed by atoms with van der Waals surface area (Å²) >= 11 is 0. The highest BCUT2D eigenvalue weighted by Gasteiger charge is 2.32. The van der Waals surface area contributed by atoms with Crippen LogP contribution in [0, 0.1) is 0 Å². The van der Waals surface area contributed by atoms with E-state index in [0.717, 1.165) is 0 Å². The highest BCUT2D eigenvalue weighted by molar-refractivity contribution is 7.90. The first kappa shape index (κ1) is 27.3. The van der Waals surface area contributed by atoms with E-state index in [1.54, 1.807) is 0 Å². The molecule has 0 fully saturated rings. The van der Waals surface area contributed by atoms with Gasteiger partial charge in [0.25, 0.3) is 0 Å². The van der Waals surface area contributed by atoms with Crippen molar-refractivity contribution in [1.82, 2.24) is 0 Å². The van der Waals surface area contributed by atoms with Crippen molar-refractivity contribution < 1.29 is 0 Å². The summed E-state index contributed by atoms with van der Waals surface area (Å²) in [5.74, 6) is 0.896. The summed E-state index contributed by atoms with van der Waals surface area (Å²) in [4.78, 5) is 0. The summed E-state index contributed by atoms with van der Waals surface area (Å²) < 4.78 is 2.79. The van der Waals surface area contributed by atoms with E-state index >= 15 is 0 Å². The topological polar surface area (TPSA) is 3.24 Å². The van der Waals surface area contributed by atoms with E-state index in [9.17, 15) is 0 Å². The lowest BCUT2D eigenvalue weighted by Gasteiger charge is -2.41. The van der Waals surface area contributed by atoms with Gasteiger partial charge in [-0.2, -0.15) is 0 Å². The van der Waals surface area contributed by atoms with Gasteiger partial charge in [-0.1, -0.05) is 155 Å². The zero-order chi connectivity index (χ0) is 27.2. The van der Waals surface area contributed by atoms with Crippen molar-refractivity contribution in [2.45, 2.75) is 39.5 Å². The predicted molar refractivity (Wildman–Crippen MR) is 175 cm³/mol. The Hall–Kier alpha value is -3.24. The Kier molecular flexibility index (Phi) is 8.93. The van der Waals surface area contributed by atoms with Crippen molar-refractivity contribution in [3.8, 4) is 0 Å². The number of rotatable bonds is 9. The number of nitrogens with zero attached hydrogens (tertiary/aromatic N) is 1. The molecule has 39 heavy (non-hydrogen) atoms. The fourth-order valence-electron chi connectivity index (χ4n) is 4.77. The molecule has 0 atom stereocenters. The van der Waals surface area contributed by atoms with Crippen molar-refractivity contribution in [3.05, 3.63) is 151 Å². The highest BCUT2D eigenvalue weighted by Crippen LogP contribution is 2.57. The zero-order valence-electron chi connectivity index (χ0n) is 23.3. The molecule has 0 N–H and O–H groups in total. The standard InChI is InChI=1S/C36H37NP2/c1-28(2)30-25-31(29(3)4)27-32(26-30)37(38(33-17-9-5-10-18-33)34-19-11-6-12-20-34)39(35-21-13-7-14-22-35)36-23-15-8-16-24-36/h5-29H,1-4H3. The average molecular weight is 546 g/mol. The monoisotopic (exact) mass is 545 g/mol. The maximum absolute atomic E-state index is 2.79. The van der Waals surface area contributed by atoms with Crippen LogP contribution >= 0.6 is 16.1 Å². The van der Waals surface area contributed by atoms with Crippen LogP contribution in [0.1, 0.15) is 50.7 Å². The molecule has 0 aliphatic rings. The Morgan fingerprint density at radius 3 is 0.949 bits per heavy atom. The van der Waals surface area contributed by atoms with Gasteiger partial charge in [-0.25, -0.2) is 0 Å². The van der Waals surface area contributed by atoms with Crippen molar-refractivity contribution in [1.29, 1.82) is 0 Å². The molecule has 0 saturated carbocycles. The molecule has 5 rings (SSSR count). The maximum Gasteiger partial charge on any atom is 0.0590 e. The molecule has 5 aromatic carbocycles. The van der Waals surface area contributed by atoms with Crippen molar-refractivity contribution >= 4 is 43.1 Å². The number of anilines is 1. The molecule has 196 valence electrons. The van der Waals surface area contributed by atoms with Crippen LogP contribution in [0.25, 0.3) is 0 Å². The van der Waals surface area contributed by atoms with Gasteiger partial charge in [0.1, 0.15) is 0 Å². The van der Waals surface area contributed by atoms with Gasteiger partial charge in [0.05, 0.1) is 16.1 Å². The van der Waals surface area contributed by atoms with Crippen molar-refractivity contribution in [2.24, 2.45) is 0 Å². The van der Waals surface area contributed by atoms with E-state index in [1.165, 1.54) is 38.0 Å². The Morgan fingerprint density at radius 2 is 0.692 bits per heavy atom. The van der Waals surface area contributed by atoms with Crippen molar-refractivity contribution in [3.63, 3.8) is 0 Å². The molecule has 0 aromatic heterocycles. The lowest BCUT2D eigenvalue weighted by atomic mass is 9.95. The summed E-state index contributed by atoms with van der Waals surface area (Å²) in [7, 11) is -1.76. The highest BCUT2D eigenvalue weighted by atomic mass is 31.2. The van der Waals surface area contributed by atoms with Gasteiger partial charge in [-0.15, -0.1) is 0 Å². The molecule has 5 aromatic rings. The minimum atomic E-state index is -0.878. The van der Waals surface area contributed by atoms with Gasteiger partial charge in [-0.05, 0) is 35.1 Å². The van der Waals surface area contributed by atoms with Crippen LogP contribution in [-0.4, -0.2) is 0 Å². The van der Waals surface area contributed by atoms with E-state index in [4.69, 9.17) is 0 Å². The number of benzene rings is 5. The Balaban J connectivity index is 1.86. The van der Waals surface area contributed by atoms with Crippen LogP contribution in [-0.2, 0) is 0 Å². The van der Waals surface area contributed by atoms with Gasteiger partial charge >= 0.3 is 0 Å². The SMILES string of the molecule is CC(C)c1cc(C(C)C)cc(N(P(c2ccccc2)c2ccccc2)P(c2ccccc2)c2ccccc2)c1. The van der Waals surface area contributed by atoms with Crippen LogP contribution < -0.4 is 25.7 Å².